The van der Waals surface area contributed by atoms with Gasteiger partial charge in [0.2, 0.25) is 5.91 Å². The monoisotopic (exact) mass is 477 g/mol. The molecule has 1 aliphatic carbocycles. The molecule has 0 radical (unpaired) electrons. The van der Waals surface area contributed by atoms with E-state index in [1.807, 2.05) is 24.3 Å². The number of carboxylic acid groups (broad SMARTS) is 1. The first-order valence-electron chi connectivity index (χ1n) is 11.5. The van der Waals surface area contributed by atoms with Gasteiger partial charge in [-0.1, -0.05) is 53.7 Å². The third-order valence-electron chi connectivity index (χ3n) is 5.79. The van der Waals surface area contributed by atoms with Crippen molar-refractivity contribution < 1.29 is 24.2 Å². The van der Waals surface area contributed by atoms with E-state index in [-0.39, 0.29) is 37.9 Å². The number of aromatic nitrogens is 3. The smallest absolute Gasteiger partial charge is 0.407 e. The van der Waals surface area contributed by atoms with Crippen LogP contribution in [0.25, 0.3) is 11.1 Å². The van der Waals surface area contributed by atoms with Gasteiger partial charge in [-0.3, -0.25) is 9.59 Å². The number of hydrogen-bond donors (Lipinski definition) is 3. The predicted octanol–water partition coefficient (Wildman–Crippen LogP) is 2.69. The molecule has 0 saturated carbocycles. The Morgan fingerprint density at radius 3 is 2.34 bits per heavy atom. The number of carboxylic acids is 1. The van der Waals surface area contributed by atoms with Crippen molar-refractivity contribution in [3.05, 3.63) is 71.5 Å². The van der Waals surface area contributed by atoms with Crippen LogP contribution in [0, 0.1) is 0 Å². The molecule has 2 amide bonds. The second kappa shape index (κ2) is 11.3. The number of unbranched alkanes of at least 4 members (excludes halogenated alkanes) is 1. The Labute approximate surface area is 202 Å². The van der Waals surface area contributed by atoms with E-state index < -0.39 is 12.1 Å². The lowest BCUT2D eigenvalue weighted by Crippen LogP contribution is -2.28. The van der Waals surface area contributed by atoms with Gasteiger partial charge in [-0.05, 0) is 35.1 Å². The van der Waals surface area contributed by atoms with Crippen molar-refractivity contribution in [3.63, 3.8) is 0 Å². The number of aliphatic carboxylic acids is 1. The van der Waals surface area contributed by atoms with Crippen molar-refractivity contribution in [3.8, 4) is 11.1 Å². The van der Waals surface area contributed by atoms with E-state index in [2.05, 4.69) is 45.2 Å². The van der Waals surface area contributed by atoms with E-state index in [0.29, 0.717) is 25.1 Å². The van der Waals surface area contributed by atoms with Crippen LogP contribution >= 0.6 is 0 Å². The van der Waals surface area contributed by atoms with E-state index >= 15 is 0 Å². The summed E-state index contributed by atoms with van der Waals surface area (Å²) >= 11 is 0. The first kappa shape index (κ1) is 23.9. The number of alkyl carbamates (subject to hydrolysis) is 1. The molecule has 0 aliphatic heterocycles. The Kier molecular flexibility index (Phi) is 7.71. The molecular formula is C25H27N5O5. The summed E-state index contributed by atoms with van der Waals surface area (Å²) in [5.74, 6) is -1.11. The third-order valence-corrected chi connectivity index (χ3v) is 5.79. The number of benzene rings is 2. The summed E-state index contributed by atoms with van der Waals surface area (Å²) in [6.07, 6.45) is 2.20. The van der Waals surface area contributed by atoms with Crippen LogP contribution in [0.5, 0.6) is 0 Å². The molecule has 0 unspecified atom stereocenters. The SMILES string of the molecule is O=C(O)CCCCNC(=O)Cn1cc(CNC(=O)OCC2c3ccccc3-c3ccccc32)nn1. The lowest BCUT2D eigenvalue weighted by Gasteiger charge is -2.14. The number of fused-ring (bicyclic) bond motifs is 3. The highest BCUT2D eigenvalue weighted by Crippen LogP contribution is 2.44. The summed E-state index contributed by atoms with van der Waals surface area (Å²) in [5, 5.41) is 21.9. The summed E-state index contributed by atoms with van der Waals surface area (Å²) < 4.78 is 6.88. The Morgan fingerprint density at radius 1 is 0.971 bits per heavy atom. The zero-order chi connectivity index (χ0) is 24.6. The molecule has 10 heteroatoms. The normalized spacial score (nSPS) is 12.0. The number of rotatable bonds is 11. The summed E-state index contributed by atoms with van der Waals surface area (Å²) in [7, 11) is 0. The van der Waals surface area contributed by atoms with E-state index in [0.717, 1.165) is 22.3 Å². The van der Waals surface area contributed by atoms with Crippen LogP contribution in [-0.2, 0) is 27.4 Å². The summed E-state index contributed by atoms with van der Waals surface area (Å²) in [6, 6.07) is 16.3. The number of carbonyl (C=O) groups is 3. The van der Waals surface area contributed by atoms with Crippen molar-refractivity contribution >= 4 is 18.0 Å². The molecule has 4 rings (SSSR count). The van der Waals surface area contributed by atoms with Crippen molar-refractivity contribution in [1.29, 1.82) is 0 Å². The molecule has 1 aromatic heterocycles. The van der Waals surface area contributed by atoms with Crippen LogP contribution in [0.1, 0.15) is 42.0 Å². The quantitative estimate of drug-likeness (QED) is 0.361. The van der Waals surface area contributed by atoms with Crippen molar-refractivity contribution in [2.45, 2.75) is 38.3 Å². The van der Waals surface area contributed by atoms with Gasteiger partial charge in [0.1, 0.15) is 18.8 Å². The summed E-state index contributed by atoms with van der Waals surface area (Å²) in [6.45, 7) is 0.723. The minimum atomic E-state index is -0.849. The van der Waals surface area contributed by atoms with Crippen molar-refractivity contribution in [1.82, 2.24) is 25.6 Å². The highest BCUT2D eigenvalue weighted by atomic mass is 16.5. The van der Waals surface area contributed by atoms with E-state index in [1.165, 1.54) is 4.68 Å². The molecule has 35 heavy (non-hydrogen) atoms. The number of ether oxygens (including phenoxy) is 1. The van der Waals surface area contributed by atoms with Gasteiger partial charge in [0.05, 0.1) is 12.7 Å². The maximum Gasteiger partial charge on any atom is 0.407 e. The lowest BCUT2D eigenvalue weighted by molar-refractivity contribution is -0.137. The summed E-state index contributed by atoms with van der Waals surface area (Å²) in [5.41, 5.74) is 5.11. The Morgan fingerprint density at radius 2 is 1.66 bits per heavy atom. The van der Waals surface area contributed by atoms with Crippen LogP contribution in [0.15, 0.2) is 54.7 Å². The molecule has 10 nitrogen and oxygen atoms in total. The first-order valence-corrected chi connectivity index (χ1v) is 11.5. The largest absolute Gasteiger partial charge is 0.481 e. The van der Waals surface area contributed by atoms with Crippen LogP contribution < -0.4 is 10.6 Å². The summed E-state index contributed by atoms with van der Waals surface area (Å²) in [4.78, 5) is 34.8. The van der Waals surface area contributed by atoms with Crippen LogP contribution in [0.3, 0.4) is 0 Å². The molecule has 3 aromatic rings. The number of nitrogens with one attached hydrogen (secondary N) is 2. The van der Waals surface area contributed by atoms with Gasteiger partial charge in [0.25, 0.3) is 0 Å². The number of amides is 2. The number of nitrogens with zero attached hydrogens (tertiary/aromatic N) is 3. The lowest BCUT2D eigenvalue weighted by atomic mass is 9.98. The standard InChI is InChI=1S/C25H27N5O5/c31-23(26-12-6-5-11-24(32)33)15-30-14-17(28-29-30)13-27-25(34)35-16-22-20-9-3-1-7-18(20)19-8-2-4-10-21(19)22/h1-4,7-10,14,22H,5-6,11-13,15-16H2,(H,26,31)(H,27,34)(H,32,33). The number of hydrogen-bond acceptors (Lipinski definition) is 6. The molecule has 0 spiro atoms. The molecule has 2 aromatic carbocycles. The third kappa shape index (κ3) is 6.23. The van der Waals surface area contributed by atoms with Crippen molar-refractivity contribution in [2.75, 3.05) is 13.2 Å². The maximum absolute atomic E-state index is 12.3. The fourth-order valence-corrected chi connectivity index (χ4v) is 4.14. The molecule has 0 fully saturated rings. The molecule has 0 bridgehead atoms. The minimum absolute atomic E-state index is 0.0170. The van der Waals surface area contributed by atoms with Gasteiger partial charge in [-0.25, -0.2) is 9.48 Å². The predicted molar refractivity (Wildman–Crippen MR) is 126 cm³/mol. The molecule has 182 valence electrons. The topological polar surface area (TPSA) is 135 Å². The van der Waals surface area contributed by atoms with Crippen LogP contribution in [0.4, 0.5) is 4.79 Å². The maximum atomic E-state index is 12.3. The van der Waals surface area contributed by atoms with Crippen molar-refractivity contribution in [2.24, 2.45) is 0 Å². The van der Waals surface area contributed by atoms with Gasteiger partial charge >= 0.3 is 12.1 Å². The molecule has 1 aliphatic rings. The molecule has 0 atom stereocenters. The molecular weight excluding hydrogens is 450 g/mol. The van der Waals surface area contributed by atoms with Gasteiger partial charge in [0.15, 0.2) is 0 Å². The average molecular weight is 478 g/mol. The van der Waals surface area contributed by atoms with Crippen LogP contribution in [-0.4, -0.2) is 51.2 Å². The second-order valence-corrected chi connectivity index (χ2v) is 8.29. The highest BCUT2D eigenvalue weighted by Gasteiger charge is 2.29. The van der Waals surface area contributed by atoms with Gasteiger partial charge < -0.3 is 20.5 Å². The molecule has 3 N–H and O–H groups in total. The van der Waals surface area contributed by atoms with E-state index in [9.17, 15) is 14.4 Å². The fraction of sp³-hybridized carbons (Fsp3) is 0.320. The average Bonchev–Trinajstić information content (AvgIpc) is 3.43. The minimum Gasteiger partial charge on any atom is -0.481 e. The Bertz CT molecular complexity index is 1160. The molecule has 0 saturated heterocycles. The zero-order valence-corrected chi connectivity index (χ0v) is 19.1. The van der Waals surface area contributed by atoms with Gasteiger partial charge in [-0.2, -0.15) is 0 Å². The van der Waals surface area contributed by atoms with Gasteiger partial charge in [-0.15, -0.1) is 5.10 Å². The zero-order valence-electron chi connectivity index (χ0n) is 19.1. The Balaban J connectivity index is 1.20. The highest BCUT2D eigenvalue weighted by molar-refractivity contribution is 5.79. The fourth-order valence-electron chi connectivity index (χ4n) is 4.14. The number of carbonyl (C=O) groups excluding carboxylic acids is 2. The van der Waals surface area contributed by atoms with Crippen LogP contribution in [0.2, 0.25) is 0 Å². The Hall–Kier alpha value is -4.21. The van der Waals surface area contributed by atoms with Gasteiger partial charge in [0, 0.05) is 18.9 Å². The van der Waals surface area contributed by atoms with E-state index in [1.54, 1.807) is 6.20 Å². The second-order valence-electron chi connectivity index (χ2n) is 8.29. The first-order chi connectivity index (χ1) is 17.0. The molecule has 1 heterocycles. The van der Waals surface area contributed by atoms with E-state index in [4.69, 9.17) is 9.84 Å².